The molecule has 1 heterocycles. The van der Waals surface area contributed by atoms with Crippen molar-refractivity contribution in [3.63, 3.8) is 0 Å². The number of fused-ring (bicyclic) bond motifs is 4. The molecule has 0 aromatic rings. The molecule has 0 amide bonds. The van der Waals surface area contributed by atoms with E-state index in [1.54, 1.807) is 0 Å². The van der Waals surface area contributed by atoms with Gasteiger partial charge in [0.1, 0.15) is 0 Å². The van der Waals surface area contributed by atoms with Gasteiger partial charge in [-0.3, -0.25) is 0 Å². The van der Waals surface area contributed by atoms with Gasteiger partial charge in [-0.2, -0.15) is 0 Å². The van der Waals surface area contributed by atoms with Gasteiger partial charge in [-0.05, 0) is 36.0 Å². The molecule has 1 saturated heterocycles. The highest BCUT2D eigenvalue weighted by molar-refractivity contribution is 5.26. The lowest BCUT2D eigenvalue weighted by Crippen LogP contribution is -2.41. The van der Waals surface area contributed by atoms with Crippen molar-refractivity contribution in [2.24, 2.45) is 35.0 Å². The Labute approximate surface area is 106 Å². The van der Waals surface area contributed by atoms with Crippen LogP contribution in [0.25, 0.3) is 0 Å². The summed E-state index contributed by atoms with van der Waals surface area (Å²) in [5.74, 6) is 3.85. The highest BCUT2D eigenvalue weighted by Gasteiger charge is 2.66. The molecule has 1 heteroatoms. The molecule has 3 fully saturated rings. The zero-order valence-corrected chi connectivity index (χ0v) is 11.7. The molecule has 0 N–H and O–H groups in total. The molecule has 1 nitrogen and oxygen atoms in total. The summed E-state index contributed by atoms with van der Waals surface area (Å²) >= 11 is 0. The van der Waals surface area contributed by atoms with Gasteiger partial charge >= 0.3 is 0 Å². The van der Waals surface area contributed by atoms with Crippen LogP contribution in [0.1, 0.15) is 40.5 Å². The SMILES string of the molecule is C=C1C2COC(CC(C)C)C1C1C(C2)C1(C)C. The highest BCUT2D eigenvalue weighted by atomic mass is 16.5. The highest BCUT2D eigenvalue weighted by Crippen LogP contribution is 2.70. The first-order chi connectivity index (χ1) is 7.93. The van der Waals surface area contributed by atoms with Crippen molar-refractivity contribution in [3.8, 4) is 0 Å². The first kappa shape index (κ1) is 11.8. The molecule has 0 spiro atoms. The number of ether oxygens (including phenoxy) is 1. The molecule has 0 aromatic heterocycles. The Kier molecular flexibility index (Phi) is 2.49. The molecular weight excluding hydrogens is 208 g/mol. The molecule has 1 aliphatic heterocycles. The van der Waals surface area contributed by atoms with E-state index in [1.807, 2.05) is 0 Å². The monoisotopic (exact) mass is 234 g/mol. The van der Waals surface area contributed by atoms with Crippen molar-refractivity contribution in [1.82, 2.24) is 0 Å². The van der Waals surface area contributed by atoms with Crippen LogP contribution in [0.2, 0.25) is 0 Å². The van der Waals surface area contributed by atoms with Crippen LogP contribution in [0.5, 0.6) is 0 Å². The van der Waals surface area contributed by atoms with E-state index in [2.05, 4.69) is 34.3 Å². The van der Waals surface area contributed by atoms with Crippen LogP contribution in [-0.4, -0.2) is 12.7 Å². The molecule has 5 atom stereocenters. The van der Waals surface area contributed by atoms with Gasteiger partial charge in [-0.1, -0.05) is 39.8 Å². The van der Waals surface area contributed by atoms with Crippen LogP contribution < -0.4 is 0 Å². The predicted molar refractivity (Wildman–Crippen MR) is 70.7 cm³/mol. The maximum Gasteiger partial charge on any atom is 0.0646 e. The topological polar surface area (TPSA) is 9.23 Å². The lowest BCUT2D eigenvalue weighted by Gasteiger charge is -2.42. The third-order valence-electron chi connectivity index (χ3n) is 5.63. The van der Waals surface area contributed by atoms with Gasteiger partial charge in [0.2, 0.25) is 0 Å². The van der Waals surface area contributed by atoms with Crippen molar-refractivity contribution in [1.29, 1.82) is 0 Å². The Morgan fingerprint density at radius 3 is 2.76 bits per heavy atom. The minimum atomic E-state index is 0.452. The summed E-state index contributed by atoms with van der Waals surface area (Å²) in [4.78, 5) is 0. The smallest absolute Gasteiger partial charge is 0.0646 e. The molecule has 0 radical (unpaired) electrons. The summed E-state index contributed by atoms with van der Waals surface area (Å²) in [5.41, 5.74) is 2.07. The molecule has 0 aromatic carbocycles. The second kappa shape index (κ2) is 3.60. The molecular formula is C16H26O. The minimum Gasteiger partial charge on any atom is -0.377 e. The fraction of sp³-hybridized carbons (Fsp3) is 0.875. The zero-order chi connectivity index (χ0) is 12.4. The van der Waals surface area contributed by atoms with Crippen LogP contribution in [0.15, 0.2) is 12.2 Å². The van der Waals surface area contributed by atoms with Gasteiger partial charge in [-0.15, -0.1) is 0 Å². The van der Waals surface area contributed by atoms with Gasteiger partial charge in [0.05, 0.1) is 12.7 Å². The van der Waals surface area contributed by atoms with Crippen molar-refractivity contribution in [3.05, 3.63) is 12.2 Å². The summed E-state index contributed by atoms with van der Waals surface area (Å²) in [5, 5.41) is 0. The summed E-state index contributed by atoms with van der Waals surface area (Å²) in [6.45, 7) is 14.9. The van der Waals surface area contributed by atoms with E-state index >= 15 is 0 Å². The van der Waals surface area contributed by atoms with Crippen LogP contribution in [0.3, 0.4) is 0 Å². The fourth-order valence-electron chi connectivity index (χ4n) is 4.58. The Morgan fingerprint density at radius 2 is 2.12 bits per heavy atom. The fourth-order valence-corrected chi connectivity index (χ4v) is 4.58. The van der Waals surface area contributed by atoms with E-state index in [0.717, 1.165) is 24.4 Å². The lowest BCUT2D eigenvalue weighted by molar-refractivity contribution is -0.0561. The normalized spacial score (nSPS) is 46.9. The molecule has 96 valence electrons. The van der Waals surface area contributed by atoms with E-state index in [4.69, 9.17) is 4.74 Å². The lowest BCUT2D eigenvalue weighted by atomic mass is 9.71. The van der Waals surface area contributed by atoms with Gasteiger partial charge in [0.25, 0.3) is 0 Å². The molecule has 2 bridgehead atoms. The van der Waals surface area contributed by atoms with Gasteiger partial charge in [0.15, 0.2) is 0 Å². The van der Waals surface area contributed by atoms with Crippen LogP contribution >= 0.6 is 0 Å². The Balaban J connectivity index is 1.85. The second-order valence-electron chi connectivity index (χ2n) is 7.49. The van der Waals surface area contributed by atoms with Crippen molar-refractivity contribution in [2.75, 3.05) is 6.61 Å². The molecule has 3 rings (SSSR count). The second-order valence-corrected chi connectivity index (χ2v) is 7.49. The maximum atomic E-state index is 6.16. The summed E-state index contributed by atoms with van der Waals surface area (Å²) in [7, 11) is 0. The maximum absolute atomic E-state index is 6.16. The van der Waals surface area contributed by atoms with Gasteiger partial charge in [-0.25, -0.2) is 0 Å². The predicted octanol–water partition coefficient (Wildman–Crippen LogP) is 3.90. The summed E-state index contributed by atoms with van der Waals surface area (Å²) in [6.07, 6.45) is 2.99. The van der Waals surface area contributed by atoms with E-state index in [-0.39, 0.29) is 0 Å². The van der Waals surface area contributed by atoms with Crippen molar-refractivity contribution < 1.29 is 4.74 Å². The van der Waals surface area contributed by atoms with Gasteiger partial charge in [0, 0.05) is 11.8 Å². The third-order valence-corrected chi connectivity index (χ3v) is 5.63. The Morgan fingerprint density at radius 1 is 1.41 bits per heavy atom. The van der Waals surface area contributed by atoms with Crippen molar-refractivity contribution in [2.45, 2.75) is 46.6 Å². The van der Waals surface area contributed by atoms with Gasteiger partial charge < -0.3 is 4.74 Å². The molecule has 5 unspecified atom stereocenters. The summed E-state index contributed by atoms with van der Waals surface area (Å²) < 4.78 is 6.16. The quantitative estimate of drug-likeness (QED) is 0.659. The molecule has 17 heavy (non-hydrogen) atoms. The largest absolute Gasteiger partial charge is 0.377 e. The number of rotatable bonds is 2. The molecule has 2 saturated carbocycles. The summed E-state index contributed by atoms with van der Waals surface area (Å²) in [6, 6.07) is 0. The Bertz CT molecular complexity index is 341. The minimum absolute atomic E-state index is 0.452. The van der Waals surface area contributed by atoms with E-state index < -0.39 is 0 Å². The first-order valence-corrected chi connectivity index (χ1v) is 7.23. The van der Waals surface area contributed by atoms with Crippen LogP contribution in [-0.2, 0) is 4.74 Å². The Hall–Kier alpha value is -0.300. The third kappa shape index (κ3) is 1.62. The average Bonchev–Trinajstić information content (AvgIpc) is 2.71. The standard InChI is InChI=1S/C16H26O/c1-9(2)6-13-14-10(3)11(8-17-13)7-12-15(14)16(12,4)5/h9,11-15H,3,6-8H2,1-2,4-5H3. The molecule has 3 aliphatic rings. The van der Waals surface area contributed by atoms with Crippen LogP contribution in [0, 0.1) is 35.0 Å². The molecule has 2 aliphatic carbocycles. The first-order valence-electron chi connectivity index (χ1n) is 7.23. The number of hydrogen-bond donors (Lipinski definition) is 0. The van der Waals surface area contributed by atoms with E-state index in [0.29, 0.717) is 23.4 Å². The van der Waals surface area contributed by atoms with E-state index in [1.165, 1.54) is 18.4 Å². The number of hydrogen-bond acceptors (Lipinski definition) is 1. The van der Waals surface area contributed by atoms with Crippen molar-refractivity contribution >= 4 is 0 Å². The zero-order valence-electron chi connectivity index (χ0n) is 11.7. The van der Waals surface area contributed by atoms with Crippen LogP contribution in [0.4, 0.5) is 0 Å². The average molecular weight is 234 g/mol. The van der Waals surface area contributed by atoms with E-state index in [9.17, 15) is 0 Å².